The third kappa shape index (κ3) is 6.49. The van der Waals surface area contributed by atoms with Crippen LogP contribution in [0.3, 0.4) is 0 Å². The van der Waals surface area contributed by atoms with Gasteiger partial charge in [-0.2, -0.15) is 4.72 Å². The molecular formula is C20H22ClN3O7S. The zero-order valence-electron chi connectivity index (χ0n) is 17.4. The summed E-state index contributed by atoms with van der Waals surface area (Å²) in [6.07, 6.45) is -1.33. The predicted octanol–water partition coefficient (Wildman–Crippen LogP) is 3.12. The van der Waals surface area contributed by atoms with Crippen molar-refractivity contribution in [2.24, 2.45) is 5.92 Å². The molecule has 172 valence electrons. The van der Waals surface area contributed by atoms with E-state index >= 15 is 0 Å². The SMILES string of the molecule is CC(C)[C@@H](NS(=O)(=O)c1ccccc1)C(=O)O[C@@H](C)C(=O)Nc1cc([N+](=O)[O-])ccc1Cl. The largest absolute Gasteiger partial charge is 0.451 e. The number of ether oxygens (including phenoxy) is 1. The number of benzene rings is 2. The Morgan fingerprint density at radius 1 is 1.09 bits per heavy atom. The van der Waals surface area contributed by atoms with Gasteiger partial charge in [0.2, 0.25) is 10.0 Å². The number of nitro groups is 1. The summed E-state index contributed by atoms with van der Waals surface area (Å²) in [5, 5.41) is 13.3. The fraction of sp³-hybridized carbons (Fsp3) is 0.300. The van der Waals surface area contributed by atoms with Crippen molar-refractivity contribution >= 4 is 44.9 Å². The van der Waals surface area contributed by atoms with Crippen molar-refractivity contribution in [2.45, 2.75) is 37.8 Å². The normalized spacial score (nSPS) is 13.3. The Bertz CT molecular complexity index is 1110. The lowest BCUT2D eigenvalue weighted by molar-refractivity contribution is -0.384. The number of carbonyl (C=O) groups excluding carboxylic acids is 2. The topological polar surface area (TPSA) is 145 Å². The van der Waals surface area contributed by atoms with E-state index in [2.05, 4.69) is 10.0 Å². The summed E-state index contributed by atoms with van der Waals surface area (Å²) in [5.41, 5.74) is -0.316. The Labute approximate surface area is 190 Å². The predicted molar refractivity (Wildman–Crippen MR) is 118 cm³/mol. The Morgan fingerprint density at radius 2 is 1.72 bits per heavy atom. The molecule has 0 aliphatic carbocycles. The molecule has 0 aliphatic rings. The average molecular weight is 484 g/mol. The van der Waals surface area contributed by atoms with Crippen LogP contribution in [0.2, 0.25) is 5.02 Å². The Hall–Kier alpha value is -3.02. The highest BCUT2D eigenvalue weighted by atomic mass is 35.5. The van der Waals surface area contributed by atoms with Gasteiger partial charge in [0.1, 0.15) is 6.04 Å². The van der Waals surface area contributed by atoms with E-state index in [-0.39, 0.29) is 21.3 Å². The maximum Gasteiger partial charge on any atom is 0.325 e. The smallest absolute Gasteiger partial charge is 0.325 e. The Kier molecular flexibility index (Phi) is 8.31. The molecule has 0 saturated carbocycles. The number of nitrogens with zero attached hydrogens (tertiary/aromatic N) is 1. The molecule has 0 radical (unpaired) electrons. The first-order valence-corrected chi connectivity index (χ1v) is 11.3. The lowest BCUT2D eigenvalue weighted by atomic mass is 10.1. The van der Waals surface area contributed by atoms with Gasteiger partial charge in [-0.3, -0.25) is 19.7 Å². The minimum atomic E-state index is -4.01. The van der Waals surface area contributed by atoms with Crippen LogP contribution in [0.15, 0.2) is 53.4 Å². The molecular weight excluding hydrogens is 462 g/mol. The van der Waals surface area contributed by atoms with E-state index in [1.54, 1.807) is 32.0 Å². The van der Waals surface area contributed by atoms with Crippen LogP contribution in [-0.4, -0.2) is 37.4 Å². The Morgan fingerprint density at radius 3 is 2.28 bits per heavy atom. The number of hydrogen-bond donors (Lipinski definition) is 2. The maximum atomic E-state index is 12.6. The molecule has 2 atom stereocenters. The second-order valence-electron chi connectivity index (χ2n) is 7.15. The molecule has 32 heavy (non-hydrogen) atoms. The molecule has 2 aromatic rings. The third-order valence-corrected chi connectivity index (χ3v) is 6.12. The molecule has 2 N–H and O–H groups in total. The van der Waals surface area contributed by atoms with Gasteiger partial charge >= 0.3 is 5.97 Å². The van der Waals surface area contributed by atoms with E-state index in [4.69, 9.17) is 16.3 Å². The number of non-ortho nitro benzene ring substituents is 1. The zero-order chi connectivity index (χ0) is 24.1. The number of nitro benzene ring substituents is 1. The molecule has 0 fully saturated rings. The highest BCUT2D eigenvalue weighted by Gasteiger charge is 2.32. The average Bonchev–Trinajstić information content (AvgIpc) is 2.73. The molecule has 1 amide bonds. The van der Waals surface area contributed by atoms with E-state index in [9.17, 15) is 28.1 Å². The van der Waals surface area contributed by atoms with Gasteiger partial charge < -0.3 is 10.1 Å². The number of carbonyl (C=O) groups is 2. The van der Waals surface area contributed by atoms with Crippen molar-refractivity contribution in [1.29, 1.82) is 0 Å². The van der Waals surface area contributed by atoms with Gasteiger partial charge in [-0.1, -0.05) is 43.6 Å². The summed E-state index contributed by atoms with van der Waals surface area (Å²) < 4.78 is 32.6. The molecule has 2 aromatic carbocycles. The highest BCUT2D eigenvalue weighted by Crippen LogP contribution is 2.27. The zero-order valence-corrected chi connectivity index (χ0v) is 19.0. The van der Waals surface area contributed by atoms with Crippen LogP contribution in [0, 0.1) is 16.0 Å². The summed E-state index contributed by atoms with van der Waals surface area (Å²) in [6, 6.07) is 9.74. The molecule has 0 bridgehead atoms. The number of amides is 1. The van der Waals surface area contributed by atoms with Gasteiger partial charge in [-0.25, -0.2) is 8.42 Å². The van der Waals surface area contributed by atoms with Crippen LogP contribution in [-0.2, 0) is 24.3 Å². The van der Waals surface area contributed by atoms with Gasteiger partial charge in [-0.15, -0.1) is 0 Å². The maximum absolute atomic E-state index is 12.6. The van der Waals surface area contributed by atoms with E-state index in [0.29, 0.717) is 0 Å². The van der Waals surface area contributed by atoms with Crippen LogP contribution < -0.4 is 10.0 Å². The van der Waals surface area contributed by atoms with E-state index in [1.165, 1.54) is 31.2 Å². The lowest BCUT2D eigenvalue weighted by Gasteiger charge is -2.23. The summed E-state index contributed by atoms with van der Waals surface area (Å²) in [6.45, 7) is 4.52. The monoisotopic (exact) mass is 483 g/mol. The highest BCUT2D eigenvalue weighted by molar-refractivity contribution is 7.89. The quantitative estimate of drug-likeness (QED) is 0.316. The van der Waals surface area contributed by atoms with E-state index in [0.717, 1.165) is 6.07 Å². The van der Waals surface area contributed by atoms with Crippen molar-refractivity contribution in [3.05, 3.63) is 63.7 Å². The molecule has 0 spiro atoms. The molecule has 0 saturated heterocycles. The van der Waals surface area contributed by atoms with Gasteiger partial charge in [-0.05, 0) is 31.0 Å². The number of anilines is 1. The number of rotatable bonds is 9. The van der Waals surface area contributed by atoms with Crippen LogP contribution >= 0.6 is 11.6 Å². The molecule has 0 aromatic heterocycles. The minimum Gasteiger partial charge on any atom is -0.451 e. The van der Waals surface area contributed by atoms with Crippen molar-refractivity contribution in [1.82, 2.24) is 4.72 Å². The fourth-order valence-corrected chi connectivity index (χ4v) is 4.07. The fourth-order valence-electron chi connectivity index (χ4n) is 2.55. The molecule has 2 rings (SSSR count). The minimum absolute atomic E-state index is 0.0236. The second kappa shape index (κ2) is 10.5. The van der Waals surface area contributed by atoms with E-state index in [1.807, 2.05) is 0 Å². The molecule has 12 heteroatoms. The standard InChI is InChI=1S/C20H22ClN3O7S/c1-12(2)18(23-32(29,30)15-7-5-4-6-8-15)20(26)31-13(3)19(25)22-17-11-14(24(27)28)9-10-16(17)21/h4-13,18,23H,1-3H3,(H,22,25)/t13-,18+/m0/s1. The number of halogens is 1. The van der Waals surface area contributed by atoms with Gasteiger partial charge in [0.25, 0.3) is 11.6 Å². The van der Waals surface area contributed by atoms with Crippen LogP contribution in [0.4, 0.5) is 11.4 Å². The van der Waals surface area contributed by atoms with Gasteiger partial charge in [0, 0.05) is 12.1 Å². The first-order chi connectivity index (χ1) is 14.9. The summed E-state index contributed by atoms with van der Waals surface area (Å²) in [4.78, 5) is 35.3. The molecule has 0 heterocycles. The number of esters is 1. The Balaban J connectivity index is 2.11. The van der Waals surface area contributed by atoms with Crippen molar-refractivity contribution in [3.63, 3.8) is 0 Å². The van der Waals surface area contributed by atoms with Gasteiger partial charge in [0.15, 0.2) is 6.10 Å². The third-order valence-electron chi connectivity index (χ3n) is 4.34. The van der Waals surface area contributed by atoms with E-state index < -0.39 is 44.9 Å². The second-order valence-corrected chi connectivity index (χ2v) is 9.27. The summed E-state index contributed by atoms with van der Waals surface area (Å²) in [7, 11) is -4.01. The van der Waals surface area contributed by atoms with Crippen LogP contribution in [0.25, 0.3) is 0 Å². The van der Waals surface area contributed by atoms with Crippen LogP contribution in [0.5, 0.6) is 0 Å². The summed E-state index contributed by atoms with van der Waals surface area (Å²) in [5.74, 6) is -2.23. The first kappa shape index (κ1) is 25.2. The lowest BCUT2D eigenvalue weighted by Crippen LogP contribution is -2.47. The molecule has 0 aliphatic heterocycles. The number of hydrogen-bond acceptors (Lipinski definition) is 7. The van der Waals surface area contributed by atoms with Crippen molar-refractivity contribution in [3.8, 4) is 0 Å². The number of nitrogens with one attached hydrogen (secondary N) is 2. The van der Waals surface area contributed by atoms with Gasteiger partial charge in [0.05, 0.1) is 20.5 Å². The summed E-state index contributed by atoms with van der Waals surface area (Å²) >= 11 is 5.96. The first-order valence-electron chi connectivity index (χ1n) is 9.45. The molecule has 10 nitrogen and oxygen atoms in total. The van der Waals surface area contributed by atoms with Crippen molar-refractivity contribution in [2.75, 3.05) is 5.32 Å². The van der Waals surface area contributed by atoms with Crippen molar-refractivity contribution < 1.29 is 27.7 Å². The van der Waals surface area contributed by atoms with Crippen LogP contribution in [0.1, 0.15) is 20.8 Å². The molecule has 0 unspecified atom stereocenters. The number of sulfonamides is 1.